The minimum Gasteiger partial charge on any atom is -0.378 e. The smallest absolute Gasteiger partial charge is 0.251 e. The molecule has 0 bridgehead atoms. The third kappa shape index (κ3) is 27.7. The number of nitrogens with two attached hydrogens (primary N) is 3. The van der Waals surface area contributed by atoms with Crippen molar-refractivity contribution in [3.05, 3.63) is 89.5 Å². The summed E-state index contributed by atoms with van der Waals surface area (Å²) in [6, 6.07) is 15.3. The molecule has 1 unspecified atom stereocenters. The third-order valence-electron chi connectivity index (χ3n) is 12.4. The van der Waals surface area contributed by atoms with E-state index in [2.05, 4.69) is 58.0 Å². The van der Waals surface area contributed by atoms with Crippen LogP contribution in [0.3, 0.4) is 0 Å². The molecule has 450 valence electrons. The lowest BCUT2D eigenvalue weighted by molar-refractivity contribution is -0.130. The van der Waals surface area contributed by atoms with Gasteiger partial charge in [0.2, 0.25) is 53.7 Å². The minimum atomic E-state index is -3.92. The van der Waals surface area contributed by atoms with Crippen molar-refractivity contribution in [2.75, 3.05) is 78.9 Å². The number of primary sulfonamides is 3. The second kappa shape index (κ2) is 34.8. The van der Waals surface area contributed by atoms with Crippen molar-refractivity contribution in [2.24, 2.45) is 27.3 Å². The van der Waals surface area contributed by atoms with Crippen LogP contribution in [-0.4, -0.2) is 151 Å². The van der Waals surface area contributed by atoms with Crippen LogP contribution >= 0.6 is 0 Å². The summed E-state index contributed by atoms with van der Waals surface area (Å²) in [7, 11) is -11.8. The maximum absolute atomic E-state index is 13.6. The van der Waals surface area contributed by atoms with Crippen LogP contribution in [0.15, 0.2) is 87.5 Å². The van der Waals surface area contributed by atoms with Gasteiger partial charge in [-0.3, -0.25) is 33.6 Å². The van der Waals surface area contributed by atoms with Gasteiger partial charge in [-0.2, -0.15) is 0 Å². The fourth-order valence-electron chi connectivity index (χ4n) is 7.32. The molecule has 0 aromatic heterocycles. The summed E-state index contributed by atoms with van der Waals surface area (Å²) in [6.07, 6.45) is 2.38. The lowest BCUT2D eigenvalue weighted by atomic mass is 9.92. The van der Waals surface area contributed by atoms with E-state index in [0.717, 1.165) is 6.42 Å². The molecule has 3 aromatic carbocycles. The molecule has 29 heteroatoms. The van der Waals surface area contributed by atoms with Gasteiger partial charge in [-0.1, -0.05) is 20.8 Å². The van der Waals surface area contributed by atoms with Gasteiger partial charge < -0.3 is 51.4 Å². The van der Waals surface area contributed by atoms with E-state index in [9.17, 15) is 58.8 Å². The summed E-state index contributed by atoms with van der Waals surface area (Å²) in [5.74, 6) is -2.00. The fourth-order valence-corrected chi connectivity index (χ4v) is 8.87. The van der Waals surface area contributed by atoms with Gasteiger partial charge in [0, 0.05) is 81.6 Å². The Morgan fingerprint density at radius 2 is 0.704 bits per heavy atom. The molecule has 81 heavy (non-hydrogen) atoms. The van der Waals surface area contributed by atoms with Gasteiger partial charge in [0.15, 0.2) is 0 Å². The highest BCUT2D eigenvalue weighted by Gasteiger charge is 2.34. The number of carbonyl (C=O) groups is 7. The molecule has 0 radical (unpaired) electrons. The standard InChI is InChI=1S/C52H78N10O16S3/c1-37(2)38(3)8-4-9-48(66)62-52(34-76-31-22-45(63)56-25-5-28-59-49(67)39-10-16-42(17-11-39)79(53,70)71,35-77-32-23-46(64)57-26-6-29-60-50(68)40-12-18-43(19-13-40)80(54,72)73)36-78-33-24-47(65)58-27-7-30-61-51(69)41-14-20-44(21-15-41)81(55,74)75/h10-21,37-38H,4-9,22-36H2,1-3H3,(H,56,63)(H,57,64)(H,58,65)(H,59,67)(H,60,68)(H,61,69)(H,62,66)(H2,53,70,71)(H2,54,72,73)(H2,55,74,75). The molecule has 0 saturated heterocycles. The van der Waals surface area contributed by atoms with Gasteiger partial charge in [-0.15, -0.1) is 0 Å². The van der Waals surface area contributed by atoms with Gasteiger partial charge in [0.1, 0.15) is 5.54 Å². The zero-order chi connectivity index (χ0) is 60.1. The molecule has 3 aromatic rings. The highest BCUT2D eigenvalue weighted by molar-refractivity contribution is 7.89. The first-order chi connectivity index (χ1) is 38.2. The average molecular weight is 1200 g/mol. The van der Waals surface area contributed by atoms with Gasteiger partial charge in [-0.05, 0) is 117 Å². The maximum Gasteiger partial charge on any atom is 0.251 e. The van der Waals surface area contributed by atoms with Crippen LogP contribution in [0.4, 0.5) is 0 Å². The first-order valence-corrected chi connectivity index (χ1v) is 30.9. The predicted molar refractivity (Wildman–Crippen MR) is 298 cm³/mol. The van der Waals surface area contributed by atoms with Crippen LogP contribution in [0, 0.1) is 11.8 Å². The summed E-state index contributed by atoms with van der Waals surface area (Å²) in [6.45, 7) is 6.62. The molecule has 1 atom stereocenters. The van der Waals surface area contributed by atoms with Crippen LogP contribution < -0.4 is 52.6 Å². The van der Waals surface area contributed by atoms with Crippen molar-refractivity contribution in [2.45, 2.75) is 98.8 Å². The lowest BCUT2D eigenvalue weighted by Crippen LogP contribution is -2.58. The predicted octanol–water partition coefficient (Wildman–Crippen LogP) is 0.275. The summed E-state index contributed by atoms with van der Waals surface area (Å²) in [5, 5.41) is 34.7. The first kappa shape index (κ1) is 68.8. The van der Waals surface area contributed by atoms with E-state index in [0.29, 0.717) is 37.5 Å². The number of hydrogen-bond donors (Lipinski definition) is 10. The van der Waals surface area contributed by atoms with Crippen LogP contribution in [0.25, 0.3) is 0 Å². The number of nitrogens with one attached hydrogen (secondary N) is 7. The Balaban J connectivity index is 1.57. The van der Waals surface area contributed by atoms with Gasteiger partial charge >= 0.3 is 0 Å². The Hall–Kier alpha value is -6.44. The maximum atomic E-state index is 13.6. The number of hydrogen-bond acceptors (Lipinski definition) is 16. The molecule has 26 nitrogen and oxygen atoms in total. The third-order valence-corrected chi connectivity index (χ3v) is 15.2. The summed E-state index contributed by atoms with van der Waals surface area (Å²) >= 11 is 0. The van der Waals surface area contributed by atoms with E-state index in [-0.39, 0.29) is 160 Å². The second-order valence-electron chi connectivity index (χ2n) is 19.4. The van der Waals surface area contributed by atoms with Crippen LogP contribution in [0.2, 0.25) is 0 Å². The van der Waals surface area contributed by atoms with Crippen LogP contribution in [-0.2, 0) is 63.5 Å². The summed E-state index contributed by atoms with van der Waals surface area (Å²) in [5.41, 5.74) is -0.701. The Kier molecular flexibility index (Phi) is 29.5. The zero-order valence-electron chi connectivity index (χ0n) is 45.9. The van der Waals surface area contributed by atoms with Gasteiger partial charge in [0.05, 0.1) is 54.3 Å². The van der Waals surface area contributed by atoms with Gasteiger partial charge in [-0.25, -0.2) is 40.7 Å². The van der Waals surface area contributed by atoms with E-state index in [1.807, 2.05) is 0 Å². The number of ether oxygens (including phenoxy) is 3. The second-order valence-corrected chi connectivity index (χ2v) is 24.1. The quantitative estimate of drug-likeness (QED) is 0.0343. The first-order valence-electron chi connectivity index (χ1n) is 26.3. The number of amides is 7. The Morgan fingerprint density at radius 1 is 0.420 bits per heavy atom. The fraction of sp³-hybridized carbons (Fsp3) is 0.519. The molecule has 0 saturated carbocycles. The number of rotatable bonds is 39. The molecular weight excluding hydrogens is 1120 g/mol. The SMILES string of the molecule is CC(C)C(C)CCCC(=O)NC(COCCC(=O)NCCCNC(=O)c1ccc(S(N)(=O)=O)cc1)(COCCC(=O)NCCCNC(=O)c1ccc(S(N)(=O)=O)cc1)COCCC(=O)NCCCNC(=O)c1ccc(S(N)(=O)=O)cc1. The van der Waals surface area contributed by atoms with Crippen molar-refractivity contribution in [1.29, 1.82) is 0 Å². The van der Waals surface area contributed by atoms with E-state index in [1.54, 1.807) is 0 Å². The van der Waals surface area contributed by atoms with E-state index < -0.39 is 53.3 Å². The van der Waals surface area contributed by atoms with Crippen molar-refractivity contribution < 1.29 is 73.0 Å². The molecule has 0 aliphatic rings. The Bertz CT molecular complexity index is 2590. The Labute approximate surface area is 474 Å². The molecule has 3 rings (SSSR count). The summed E-state index contributed by atoms with van der Waals surface area (Å²) < 4.78 is 87.1. The van der Waals surface area contributed by atoms with Crippen molar-refractivity contribution in [3.8, 4) is 0 Å². The molecule has 7 amide bonds. The van der Waals surface area contributed by atoms with E-state index in [4.69, 9.17) is 29.6 Å². The molecule has 13 N–H and O–H groups in total. The molecule has 0 aliphatic carbocycles. The average Bonchev–Trinajstić information content (AvgIpc) is 3.41. The molecule has 0 heterocycles. The molecular formula is C52H78N10O16S3. The number of sulfonamides is 3. The highest BCUT2D eigenvalue weighted by atomic mass is 32.2. The normalized spacial score (nSPS) is 12.2. The van der Waals surface area contributed by atoms with E-state index in [1.165, 1.54) is 72.8 Å². The summed E-state index contributed by atoms with van der Waals surface area (Å²) in [4.78, 5) is 89.2. The lowest BCUT2D eigenvalue weighted by Gasteiger charge is -2.34. The van der Waals surface area contributed by atoms with E-state index >= 15 is 0 Å². The zero-order valence-corrected chi connectivity index (χ0v) is 48.4. The molecule has 0 aliphatic heterocycles. The Morgan fingerprint density at radius 3 is 0.975 bits per heavy atom. The minimum absolute atomic E-state index is 0.0854. The monoisotopic (exact) mass is 1190 g/mol. The van der Waals surface area contributed by atoms with Gasteiger partial charge in [0.25, 0.3) is 17.7 Å². The highest BCUT2D eigenvalue weighted by Crippen LogP contribution is 2.18. The van der Waals surface area contributed by atoms with Crippen molar-refractivity contribution in [1.82, 2.24) is 37.2 Å². The van der Waals surface area contributed by atoms with Crippen molar-refractivity contribution in [3.63, 3.8) is 0 Å². The van der Waals surface area contributed by atoms with Crippen molar-refractivity contribution >= 4 is 71.4 Å². The molecule has 0 fully saturated rings. The van der Waals surface area contributed by atoms with Crippen LogP contribution in [0.1, 0.15) is 110 Å². The molecule has 0 spiro atoms. The number of carbonyl (C=O) groups excluding carboxylic acids is 7. The largest absolute Gasteiger partial charge is 0.378 e. The van der Waals surface area contributed by atoms with Crippen LogP contribution in [0.5, 0.6) is 0 Å². The topological polar surface area (TPSA) is 412 Å². The number of benzene rings is 3.